The van der Waals surface area contributed by atoms with Gasteiger partial charge in [0.15, 0.2) is 0 Å². The molecule has 0 bridgehead atoms. The minimum atomic E-state index is -0.127. The SMILES string of the molecule is BrCC1CO1.OC1Cc2ccccc2C1.c1ccc2c(c1)CC(OCC1CO1)C2. The van der Waals surface area contributed by atoms with Gasteiger partial charge >= 0.3 is 0 Å². The molecule has 0 amide bonds. The zero-order valence-electron chi connectivity index (χ0n) is 16.6. The Morgan fingerprint density at radius 1 is 0.793 bits per heavy atom. The monoisotopic (exact) mass is 460 g/mol. The predicted molar refractivity (Wildman–Crippen MR) is 117 cm³/mol. The number of fused-ring (bicyclic) bond motifs is 2. The van der Waals surface area contributed by atoms with Crippen molar-refractivity contribution in [2.24, 2.45) is 0 Å². The van der Waals surface area contributed by atoms with Crippen molar-refractivity contribution in [3.8, 4) is 0 Å². The molecule has 2 atom stereocenters. The molecule has 0 saturated carbocycles. The Bertz CT molecular complexity index is 738. The van der Waals surface area contributed by atoms with Crippen molar-refractivity contribution in [3.63, 3.8) is 0 Å². The van der Waals surface area contributed by atoms with E-state index in [0.717, 1.165) is 50.8 Å². The van der Waals surface area contributed by atoms with E-state index in [1.54, 1.807) is 0 Å². The fraction of sp³-hybridized carbons (Fsp3) is 0.500. The Balaban J connectivity index is 0.000000119. The number of alkyl halides is 1. The second-order valence-electron chi connectivity index (χ2n) is 8.03. The van der Waals surface area contributed by atoms with Crippen LogP contribution in [0.15, 0.2) is 48.5 Å². The number of aliphatic hydroxyl groups is 1. The molecule has 4 nitrogen and oxygen atoms in total. The molecule has 1 N–H and O–H groups in total. The van der Waals surface area contributed by atoms with Gasteiger partial charge in [0.05, 0.1) is 38.1 Å². The second kappa shape index (κ2) is 10.2. The molecule has 156 valence electrons. The van der Waals surface area contributed by atoms with Crippen molar-refractivity contribution in [2.45, 2.75) is 50.1 Å². The van der Waals surface area contributed by atoms with Crippen LogP contribution >= 0.6 is 15.9 Å². The van der Waals surface area contributed by atoms with E-state index >= 15 is 0 Å². The molecule has 5 heteroatoms. The third-order valence-electron chi connectivity index (χ3n) is 5.54. The van der Waals surface area contributed by atoms with Crippen molar-refractivity contribution in [2.75, 3.05) is 25.2 Å². The van der Waals surface area contributed by atoms with Crippen LogP contribution in [0.4, 0.5) is 0 Å². The summed E-state index contributed by atoms with van der Waals surface area (Å²) in [6, 6.07) is 16.8. The molecule has 4 aliphatic rings. The van der Waals surface area contributed by atoms with E-state index in [-0.39, 0.29) is 6.10 Å². The second-order valence-corrected chi connectivity index (χ2v) is 8.68. The molecule has 0 aromatic heterocycles. The maximum Gasteiger partial charge on any atom is 0.104 e. The first-order valence-electron chi connectivity index (χ1n) is 10.4. The number of ether oxygens (including phenoxy) is 3. The number of hydrogen-bond donors (Lipinski definition) is 1. The van der Waals surface area contributed by atoms with Gasteiger partial charge in [-0.3, -0.25) is 0 Å². The summed E-state index contributed by atoms with van der Waals surface area (Å²) in [6.07, 6.45) is 5.03. The summed E-state index contributed by atoms with van der Waals surface area (Å²) >= 11 is 3.25. The van der Waals surface area contributed by atoms with E-state index in [0.29, 0.717) is 18.3 Å². The van der Waals surface area contributed by atoms with Gasteiger partial charge in [-0.1, -0.05) is 64.5 Å². The van der Waals surface area contributed by atoms with Crippen LogP contribution < -0.4 is 0 Å². The summed E-state index contributed by atoms with van der Waals surface area (Å²) in [7, 11) is 0. The van der Waals surface area contributed by atoms with Crippen LogP contribution in [0.5, 0.6) is 0 Å². The molecule has 0 spiro atoms. The van der Waals surface area contributed by atoms with Crippen molar-refractivity contribution in [1.82, 2.24) is 0 Å². The molecule has 2 heterocycles. The first kappa shape index (κ1) is 21.0. The molecular weight excluding hydrogens is 432 g/mol. The van der Waals surface area contributed by atoms with Crippen LogP contribution in [0, 0.1) is 0 Å². The minimum Gasteiger partial charge on any atom is -0.392 e. The molecule has 6 rings (SSSR count). The lowest BCUT2D eigenvalue weighted by Gasteiger charge is -2.08. The van der Waals surface area contributed by atoms with E-state index in [2.05, 4.69) is 52.3 Å². The highest BCUT2D eigenvalue weighted by molar-refractivity contribution is 9.09. The van der Waals surface area contributed by atoms with Crippen LogP contribution in [-0.4, -0.2) is 54.7 Å². The van der Waals surface area contributed by atoms with Crippen LogP contribution in [0.2, 0.25) is 0 Å². The Morgan fingerprint density at radius 3 is 1.62 bits per heavy atom. The minimum absolute atomic E-state index is 0.127. The van der Waals surface area contributed by atoms with Crippen molar-refractivity contribution < 1.29 is 19.3 Å². The number of hydrogen-bond acceptors (Lipinski definition) is 4. The van der Waals surface area contributed by atoms with Gasteiger partial charge < -0.3 is 19.3 Å². The Hall–Kier alpha value is -1.24. The van der Waals surface area contributed by atoms with Gasteiger partial charge in [-0.15, -0.1) is 0 Å². The molecule has 2 aromatic carbocycles. The number of epoxide rings is 2. The number of halogens is 1. The van der Waals surface area contributed by atoms with Gasteiger partial charge in [0.25, 0.3) is 0 Å². The average Bonchev–Trinajstić information content (AvgIpc) is 3.66. The molecular formula is C24H29BrO4. The fourth-order valence-corrected chi connectivity index (χ4v) is 4.11. The molecule has 2 saturated heterocycles. The lowest BCUT2D eigenvalue weighted by molar-refractivity contribution is 0.0496. The summed E-state index contributed by atoms with van der Waals surface area (Å²) in [5.74, 6) is 0. The van der Waals surface area contributed by atoms with Gasteiger partial charge in [-0.05, 0) is 47.9 Å². The number of aliphatic hydroxyl groups excluding tert-OH is 1. The van der Waals surface area contributed by atoms with Gasteiger partial charge in [-0.25, -0.2) is 0 Å². The molecule has 2 aromatic rings. The van der Waals surface area contributed by atoms with Crippen molar-refractivity contribution in [3.05, 3.63) is 70.8 Å². The lowest BCUT2D eigenvalue weighted by Crippen LogP contribution is -2.16. The topological polar surface area (TPSA) is 54.5 Å². The van der Waals surface area contributed by atoms with Gasteiger partial charge in [-0.2, -0.15) is 0 Å². The van der Waals surface area contributed by atoms with E-state index in [1.165, 1.54) is 22.3 Å². The molecule has 2 fully saturated rings. The quantitative estimate of drug-likeness (QED) is 0.560. The average molecular weight is 461 g/mol. The summed E-state index contributed by atoms with van der Waals surface area (Å²) < 4.78 is 15.7. The Kier molecular flexibility index (Phi) is 7.38. The van der Waals surface area contributed by atoms with E-state index in [1.807, 2.05) is 12.1 Å². The third kappa shape index (κ3) is 6.63. The van der Waals surface area contributed by atoms with Gasteiger partial charge in [0.1, 0.15) is 6.10 Å². The zero-order valence-corrected chi connectivity index (χ0v) is 18.2. The Morgan fingerprint density at radius 2 is 1.24 bits per heavy atom. The standard InChI is InChI=1S/C12H14O2.C9H10O.C3H5BrO/c1-2-4-10-6-11(5-9(10)3-1)13-7-12-8-14-12;10-9-5-7-3-1-2-4-8(7)6-9;4-1-3-2-5-3/h1-4,11-12H,5-8H2;1-4,9-10H,5-6H2;3H,1-2H2. The summed E-state index contributed by atoms with van der Waals surface area (Å²) in [5.41, 5.74) is 5.54. The Labute approximate surface area is 181 Å². The van der Waals surface area contributed by atoms with Gasteiger partial charge in [0, 0.05) is 5.33 Å². The van der Waals surface area contributed by atoms with Gasteiger partial charge in [0.2, 0.25) is 0 Å². The van der Waals surface area contributed by atoms with Crippen LogP contribution in [0.1, 0.15) is 22.3 Å². The maximum absolute atomic E-state index is 9.25. The van der Waals surface area contributed by atoms with Crippen LogP contribution in [-0.2, 0) is 39.9 Å². The maximum atomic E-state index is 9.25. The summed E-state index contributed by atoms with van der Waals surface area (Å²) in [6.45, 7) is 2.63. The fourth-order valence-electron chi connectivity index (χ4n) is 3.74. The largest absolute Gasteiger partial charge is 0.392 e. The van der Waals surface area contributed by atoms with E-state index in [4.69, 9.17) is 14.2 Å². The summed E-state index contributed by atoms with van der Waals surface area (Å²) in [4.78, 5) is 0. The number of rotatable bonds is 4. The lowest BCUT2D eigenvalue weighted by atomic mass is 10.1. The third-order valence-corrected chi connectivity index (χ3v) is 6.26. The highest BCUT2D eigenvalue weighted by atomic mass is 79.9. The van der Waals surface area contributed by atoms with Crippen LogP contribution in [0.3, 0.4) is 0 Å². The van der Waals surface area contributed by atoms with E-state index in [9.17, 15) is 5.11 Å². The molecule has 2 aliphatic carbocycles. The first-order chi connectivity index (χ1) is 14.2. The summed E-state index contributed by atoms with van der Waals surface area (Å²) in [5, 5.41) is 10.3. The van der Waals surface area contributed by atoms with Crippen molar-refractivity contribution in [1.29, 1.82) is 0 Å². The zero-order chi connectivity index (χ0) is 20.1. The normalized spacial score (nSPS) is 23.9. The molecule has 29 heavy (non-hydrogen) atoms. The highest BCUT2D eigenvalue weighted by Crippen LogP contribution is 2.24. The van der Waals surface area contributed by atoms with E-state index < -0.39 is 0 Å². The predicted octanol–water partition coefficient (Wildman–Crippen LogP) is 3.50. The molecule has 0 radical (unpaired) electrons. The van der Waals surface area contributed by atoms with Crippen molar-refractivity contribution >= 4 is 15.9 Å². The number of benzene rings is 2. The molecule has 2 aliphatic heterocycles. The first-order valence-corrected chi connectivity index (χ1v) is 11.6. The van der Waals surface area contributed by atoms with Crippen LogP contribution in [0.25, 0.3) is 0 Å². The highest BCUT2D eigenvalue weighted by Gasteiger charge is 2.27. The smallest absolute Gasteiger partial charge is 0.104 e. The molecule has 2 unspecified atom stereocenters.